The van der Waals surface area contributed by atoms with Crippen molar-refractivity contribution in [2.75, 3.05) is 13.7 Å². The molecule has 1 rings (SSSR count). The molecule has 0 aliphatic carbocycles. The highest BCUT2D eigenvalue weighted by Gasteiger charge is 2.09. The van der Waals surface area contributed by atoms with Gasteiger partial charge in [0.2, 0.25) is 0 Å². The molecular weight excluding hydrogens is 275 g/mol. The summed E-state index contributed by atoms with van der Waals surface area (Å²) in [7, 11) is 1.49. The lowest BCUT2D eigenvalue weighted by molar-refractivity contribution is -0.138. The van der Waals surface area contributed by atoms with Gasteiger partial charge in [0, 0.05) is 5.57 Å². The van der Waals surface area contributed by atoms with Crippen LogP contribution in [0, 0.1) is 0 Å². The number of halogens is 2. The summed E-state index contributed by atoms with van der Waals surface area (Å²) >= 11 is 12.0. The molecule has 0 radical (unpaired) electrons. The van der Waals surface area contributed by atoms with E-state index in [1.165, 1.54) is 7.11 Å². The lowest BCUT2D eigenvalue weighted by Crippen LogP contribution is -2.04. The fourth-order valence-electron chi connectivity index (χ4n) is 1.41. The fourth-order valence-corrected chi connectivity index (χ4v) is 2.07. The van der Waals surface area contributed by atoms with E-state index in [-0.39, 0.29) is 5.97 Å². The van der Waals surface area contributed by atoms with Crippen LogP contribution in [0.3, 0.4) is 0 Å². The zero-order chi connectivity index (χ0) is 13.7. The molecule has 0 bridgehead atoms. The Morgan fingerprint density at radius 2 is 1.89 bits per heavy atom. The smallest absolute Gasteiger partial charge is 0.333 e. The number of hydrogen-bond donors (Lipinski definition) is 0. The van der Waals surface area contributed by atoms with E-state index < -0.39 is 0 Å². The molecule has 5 heteroatoms. The van der Waals surface area contributed by atoms with Crippen LogP contribution in [0.15, 0.2) is 17.7 Å². The summed E-state index contributed by atoms with van der Waals surface area (Å²) in [5.74, 6) is 0.0600. The van der Waals surface area contributed by atoms with Gasteiger partial charge in [0.15, 0.2) is 5.75 Å². The summed E-state index contributed by atoms with van der Waals surface area (Å²) in [6, 6.07) is 3.35. The summed E-state index contributed by atoms with van der Waals surface area (Å²) in [6.45, 7) is 3.77. The third-order valence-electron chi connectivity index (χ3n) is 2.21. The molecule has 1 aromatic carbocycles. The standard InChI is InChI=1S/C13H14Cl2O3/c1-4-18-13(16)8(2)5-9-6-10(14)12(17-3)11(15)7-9/h5-7H,4H2,1-3H3/b8-5+. The molecule has 0 unspecified atom stereocenters. The van der Waals surface area contributed by atoms with Crippen LogP contribution in [0.4, 0.5) is 0 Å². The van der Waals surface area contributed by atoms with E-state index in [9.17, 15) is 4.79 Å². The maximum absolute atomic E-state index is 11.5. The first-order valence-electron chi connectivity index (χ1n) is 5.38. The van der Waals surface area contributed by atoms with E-state index in [2.05, 4.69) is 0 Å². The van der Waals surface area contributed by atoms with Crippen LogP contribution in [-0.4, -0.2) is 19.7 Å². The summed E-state index contributed by atoms with van der Waals surface area (Å²) in [5, 5.41) is 0.792. The highest BCUT2D eigenvalue weighted by atomic mass is 35.5. The van der Waals surface area contributed by atoms with Crippen molar-refractivity contribution in [3.05, 3.63) is 33.3 Å². The average Bonchev–Trinajstić information content (AvgIpc) is 2.28. The van der Waals surface area contributed by atoms with Crippen LogP contribution >= 0.6 is 23.2 Å². The van der Waals surface area contributed by atoms with Crippen molar-refractivity contribution in [3.8, 4) is 5.75 Å². The number of benzene rings is 1. The van der Waals surface area contributed by atoms with Crippen molar-refractivity contribution in [2.24, 2.45) is 0 Å². The minimum atomic E-state index is -0.361. The lowest BCUT2D eigenvalue weighted by Gasteiger charge is -2.07. The molecule has 0 spiro atoms. The Labute approximate surface area is 116 Å². The van der Waals surface area contributed by atoms with E-state index in [0.29, 0.717) is 28.0 Å². The Morgan fingerprint density at radius 1 is 1.33 bits per heavy atom. The zero-order valence-corrected chi connectivity index (χ0v) is 11.9. The van der Waals surface area contributed by atoms with Crippen LogP contribution in [0.2, 0.25) is 10.0 Å². The van der Waals surface area contributed by atoms with E-state index >= 15 is 0 Å². The molecule has 0 amide bonds. The van der Waals surface area contributed by atoms with Gasteiger partial charge in [-0.05, 0) is 37.6 Å². The Bertz CT molecular complexity index is 458. The Balaban J connectivity index is 3.05. The van der Waals surface area contributed by atoms with Crippen molar-refractivity contribution < 1.29 is 14.3 Å². The number of rotatable bonds is 4. The number of ether oxygens (including phenoxy) is 2. The van der Waals surface area contributed by atoms with Gasteiger partial charge >= 0.3 is 5.97 Å². The Hall–Kier alpha value is -1.19. The van der Waals surface area contributed by atoms with Crippen LogP contribution in [0.1, 0.15) is 19.4 Å². The highest BCUT2D eigenvalue weighted by Crippen LogP contribution is 2.34. The second kappa shape index (κ2) is 6.66. The minimum Gasteiger partial charge on any atom is -0.494 e. The third-order valence-corrected chi connectivity index (χ3v) is 2.77. The van der Waals surface area contributed by atoms with Gasteiger partial charge in [0.05, 0.1) is 23.8 Å². The zero-order valence-electron chi connectivity index (χ0n) is 10.4. The Morgan fingerprint density at radius 3 is 2.33 bits per heavy atom. The molecule has 0 aromatic heterocycles. The molecule has 0 N–H and O–H groups in total. The quantitative estimate of drug-likeness (QED) is 0.621. The van der Waals surface area contributed by atoms with Crippen LogP contribution in [0.5, 0.6) is 5.75 Å². The monoisotopic (exact) mass is 288 g/mol. The summed E-state index contributed by atoms with van der Waals surface area (Å²) in [4.78, 5) is 11.5. The molecule has 0 atom stereocenters. The van der Waals surface area contributed by atoms with Gasteiger partial charge in [-0.3, -0.25) is 0 Å². The van der Waals surface area contributed by atoms with Gasteiger partial charge in [-0.2, -0.15) is 0 Å². The van der Waals surface area contributed by atoms with E-state index in [4.69, 9.17) is 32.7 Å². The van der Waals surface area contributed by atoms with Crippen LogP contribution in [-0.2, 0) is 9.53 Å². The molecule has 0 saturated carbocycles. The third kappa shape index (κ3) is 3.65. The number of hydrogen-bond acceptors (Lipinski definition) is 3. The van der Waals surface area contributed by atoms with Crippen molar-refractivity contribution in [2.45, 2.75) is 13.8 Å². The topological polar surface area (TPSA) is 35.5 Å². The van der Waals surface area contributed by atoms with Crippen molar-refractivity contribution >= 4 is 35.2 Å². The number of carbonyl (C=O) groups excluding carboxylic acids is 1. The van der Waals surface area contributed by atoms with Crippen LogP contribution < -0.4 is 4.74 Å². The second-order valence-electron chi connectivity index (χ2n) is 3.57. The first kappa shape index (κ1) is 14.9. The van der Waals surface area contributed by atoms with E-state index in [1.807, 2.05) is 0 Å². The molecule has 0 aliphatic heterocycles. The summed E-state index contributed by atoms with van der Waals surface area (Å²) in [6.07, 6.45) is 1.66. The number of esters is 1. The van der Waals surface area contributed by atoms with Crippen molar-refractivity contribution in [1.82, 2.24) is 0 Å². The molecule has 0 aliphatic rings. The lowest BCUT2D eigenvalue weighted by atomic mass is 10.1. The Kier molecular flexibility index (Phi) is 5.51. The normalized spacial score (nSPS) is 11.3. The first-order valence-corrected chi connectivity index (χ1v) is 6.13. The van der Waals surface area contributed by atoms with Gasteiger partial charge in [-0.15, -0.1) is 0 Å². The second-order valence-corrected chi connectivity index (χ2v) is 4.38. The predicted molar refractivity (Wildman–Crippen MR) is 73.3 cm³/mol. The molecule has 0 fully saturated rings. The van der Waals surface area contributed by atoms with Gasteiger partial charge in [-0.25, -0.2) is 4.79 Å². The summed E-state index contributed by atoms with van der Waals surface area (Å²) < 4.78 is 9.93. The maximum atomic E-state index is 11.5. The molecule has 98 valence electrons. The molecule has 0 heterocycles. The van der Waals surface area contributed by atoms with Crippen LogP contribution in [0.25, 0.3) is 6.08 Å². The predicted octanol–water partition coefficient (Wildman–Crippen LogP) is 3.97. The van der Waals surface area contributed by atoms with E-state index in [0.717, 1.165) is 5.56 Å². The van der Waals surface area contributed by atoms with Crippen molar-refractivity contribution in [1.29, 1.82) is 0 Å². The average molecular weight is 289 g/mol. The molecule has 3 nitrogen and oxygen atoms in total. The highest BCUT2D eigenvalue weighted by molar-refractivity contribution is 6.37. The SMILES string of the molecule is CCOC(=O)/C(C)=C/c1cc(Cl)c(OC)c(Cl)c1. The van der Waals surface area contributed by atoms with Gasteiger partial charge in [-0.1, -0.05) is 23.2 Å². The van der Waals surface area contributed by atoms with E-state index in [1.54, 1.807) is 32.1 Å². The maximum Gasteiger partial charge on any atom is 0.333 e. The van der Waals surface area contributed by atoms with Crippen molar-refractivity contribution in [3.63, 3.8) is 0 Å². The largest absolute Gasteiger partial charge is 0.494 e. The molecule has 1 aromatic rings. The fraction of sp³-hybridized carbons (Fsp3) is 0.308. The molecule has 18 heavy (non-hydrogen) atoms. The van der Waals surface area contributed by atoms with Gasteiger partial charge in [0.1, 0.15) is 0 Å². The van der Waals surface area contributed by atoms with Gasteiger partial charge in [0.25, 0.3) is 0 Å². The number of methoxy groups -OCH3 is 1. The number of carbonyl (C=O) groups is 1. The molecule has 0 saturated heterocycles. The first-order chi connectivity index (χ1) is 8.49. The minimum absolute atomic E-state index is 0.341. The summed E-state index contributed by atoms with van der Waals surface area (Å²) in [5.41, 5.74) is 1.20. The molecular formula is C13H14Cl2O3. The van der Waals surface area contributed by atoms with Gasteiger partial charge < -0.3 is 9.47 Å².